The second-order valence-corrected chi connectivity index (χ2v) is 8.68. The molecule has 0 aliphatic heterocycles. The van der Waals surface area contributed by atoms with Gasteiger partial charge in [0.25, 0.3) is 0 Å². The van der Waals surface area contributed by atoms with Crippen molar-refractivity contribution in [3.8, 4) is 0 Å². The van der Waals surface area contributed by atoms with Gasteiger partial charge in [-0.1, -0.05) is 31.5 Å². The summed E-state index contributed by atoms with van der Waals surface area (Å²) in [7, 11) is 0. The number of ketones is 1. The summed E-state index contributed by atoms with van der Waals surface area (Å²) in [6, 6.07) is 0. The summed E-state index contributed by atoms with van der Waals surface area (Å²) in [4.78, 5) is 12.4. The van der Waals surface area contributed by atoms with Gasteiger partial charge < -0.3 is 0 Å². The van der Waals surface area contributed by atoms with Crippen molar-refractivity contribution < 1.29 is 4.79 Å². The monoisotopic (exact) mass is 304 g/mol. The van der Waals surface area contributed by atoms with Crippen LogP contribution >= 0.6 is 11.6 Å². The van der Waals surface area contributed by atoms with E-state index in [1.54, 1.807) is 0 Å². The van der Waals surface area contributed by atoms with Crippen LogP contribution in [0.3, 0.4) is 0 Å². The average Bonchev–Trinajstić information content (AvgIpc) is 2.76. The summed E-state index contributed by atoms with van der Waals surface area (Å²) in [5.74, 6) is 2.63. The second-order valence-electron chi connectivity index (χ2n) is 8.20. The Morgan fingerprint density at radius 2 is 1.86 bits per heavy atom. The molecular weight excluding hydrogens is 280 g/mol. The Bertz CT molecular complexity index is 560. The molecule has 2 fully saturated rings. The van der Waals surface area contributed by atoms with E-state index in [2.05, 4.69) is 26.0 Å². The number of carbonyl (C=O) groups excluding carboxylic acids is 1. The van der Waals surface area contributed by atoms with Crippen LogP contribution in [-0.2, 0) is 4.79 Å². The third kappa shape index (κ3) is 1.79. The molecular formula is C19H25ClO. The lowest BCUT2D eigenvalue weighted by Gasteiger charge is -2.55. The number of allylic oxidation sites excluding steroid dienone is 4. The molecule has 0 aromatic carbocycles. The smallest absolute Gasteiger partial charge is 0.139 e. The molecule has 4 rings (SSSR count). The molecule has 0 amide bonds. The number of rotatable bonds is 0. The van der Waals surface area contributed by atoms with Gasteiger partial charge in [-0.05, 0) is 73.3 Å². The number of hydrogen-bond donors (Lipinski definition) is 0. The van der Waals surface area contributed by atoms with Gasteiger partial charge in [0, 0.05) is 16.9 Å². The molecule has 0 radical (unpaired) electrons. The van der Waals surface area contributed by atoms with Gasteiger partial charge in [-0.25, -0.2) is 0 Å². The molecule has 2 heteroatoms. The highest BCUT2D eigenvalue weighted by Gasteiger charge is 2.58. The first-order chi connectivity index (χ1) is 9.95. The minimum Gasteiger partial charge on any atom is -0.299 e. The Kier molecular flexibility index (Phi) is 2.99. The molecule has 114 valence electrons. The summed E-state index contributed by atoms with van der Waals surface area (Å²) in [5.41, 5.74) is 1.77. The molecule has 0 unspecified atom stereocenters. The van der Waals surface area contributed by atoms with Gasteiger partial charge in [-0.3, -0.25) is 4.79 Å². The van der Waals surface area contributed by atoms with Gasteiger partial charge in [0.15, 0.2) is 0 Å². The summed E-state index contributed by atoms with van der Waals surface area (Å²) in [6.07, 6.45) is 12.3. The predicted molar refractivity (Wildman–Crippen MR) is 86.0 cm³/mol. The van der Waals surface area contributed by atoms with E-state index < -0.39 is 0 Å². The highest BCUT2D eigenvalue weighted by Crippen LogP contribution is 2.63. The maximum atomic E-state index is 12.4. The van der Waals surface area contributed by atoms with Crippen molar-refractivity contribution in [2.45, 2.75) is 58.8 Å². The average molecular weight is 305 g/mol. The molecule has 2 saturated carbocycles. The van der Waals surface area contributed by atoms with Crippen molar-refractivity contribution in [2.75, 3.05) is 0 Å². The van der Waals surface area contributed by atoms with Gasteiger partial charge in [0.05, 0.1) is 0 Å². The van der Waals surface area contributed by atoms with Crippen molar-refractivity contribution in [3.63, 3.8) is 0 Å². The molecule has 0 bridgehead atoms. The van der Waals surface area contributed by atoms with Crippen molar-refractivity contribution >= 4 is 17.4 Å². The van der Waals surface area contributed by atoms with E-state index in [0.29, 0.717) is 23.0 Å². The standard InChI is InChI=1S/C19H25ClO/c1-18-9-7-13(20)11-12(18)3-4-14-15-5-6-17(21)19(15,2)10-8-16(14)18/h3,11,14-16H,4-10H2,1-2H3/t14-,15-,16-,18-,19-/m0/s1. The normalized spacial score (nSPS) is 48.9. The fourth-order valence-corrected chi connectivity index (χ4v) is 6.27. The third-order valence-corrected chi connectivity index (χ3v) is 7.73. The van der Waals surface area contributed by atoms with Crippen molar-refractivity contribution in [1.29, 1.82) is 0 Å². The van der Waals surface area contributed by atoms with Crippen LogP contribution in [0.15, 0.2) is 22.8 Å². The lowest BCUT2D eigenvalue weighted by Crippen LogP contribution is -2.49. The number of fused-ring (bicyclic) bond motifs is 5. The van der Waals surface area contributed by atoms with E-state index in [9.17, 15) is 4.79 Å². The van der Waals surface area contributed by atoms with Gasteiger partial charge in [0.2, 0.25) is 0 Å². The van der Waals surface area contributed by atoms with E-state index >= 15 is 0 Å². The Labute approximate surface area is 132 Å². The van der Waals surface area contributed by atoms with Crippen LogP contribution in [0.25, 0.3) is 0 Å². The van der Waals surface area contributed by atoms with Crippen LogP contribution in [0, 0.1) is 28.6 Å². The first-order valence-corrected chi connectivity index (χ1v) is 8.93. The zero-order valence-electron chi connectivity index (χ0n) is 13.1. The summed E-state index contributed by atoms with van der Waals surface area (Å²) in [5, 5.41) is 1.02. The van der Waals surface area contributed by atoms with Gasteiger partial charge in [-0.2, -0.15) is 0 Å². The third-order valence-electron chi connectivity index (χ3n) is 7.43. The van der Waals surface area contributed by atoms with E-state index in [1.807, 2.05) is 0 Å². The predicted octanol–water partition coefficient (Wildman–Crippen LogP) is 5.25. The van der Waals surface area contributed by atoms with Crippen molar-refractivity contribution in [3.05, 3.63) is 22.8 Å². The van der Waals surface area contributed by atoms with Crippen molar-refractivity contribution in [2.24, 2.45) is 28.6 Å². The molecule has 0 spiro atoms. The molecule has 0 saturated heterocycles. The van der Waals surface area contributed by atoms with E-state index in [-0.39, 0.29) is 5.41 Å². The highest BCUT2D eigenvalue weighted by molar-refractivity contribution is 6.29. The second kappa shape index (κ2) is 4.47. The van der Waals surface area contributed by atoms with Crippen LogP contribution in [0.1, 0.15) is 58.8 Å². The lowest BCUT2D eigenvalue weighted by molar-refractivity contribution is -0.131. The molecule has 5 atom stereocenters. The maximum absolute atomic E-state index is 12.4. The molecule has 0 N–H and O–H groups in total. The number of halogens is 1. The molecule has 0 heterocycles. The fraction of sp³-hybridized carbons (Fsp3) is 0.737. The summed E-state index contributed by atoms with van der Waals surface area (Å²) >= 11 is 6.28. The van der Waals surface area contributed by atoms with Gasteiger partial charge >= 0.3 is 0 Å². The van der Waals surface area contributed by atoms with E-state index in [4.69, 9.17) is 11.6 Å². The van der Waals surface area contributed by atoms with E-state index in [1.165, 1.54) is 18.4 Å². The maximum Gasteiger partial charge on any atom is 0.139 e. The quantitative estimate of drug-likeness (QED) is 0.597. The summed E-state index contributed by atoms with van der Waals surface area (Å²) in [6.45, 7) is 4.71. The molecule has 0 aromatic rings. The first-order valence-electron chi connectivity index (χ1n) is 8.55. The molecule has 1 nitrogen and oxygen atoms in total. The number of hydrogen-bond acceptors (Lipinski definition) is 1. The van der Waals surface area contributed by atoms with Crippen LogP contribution < -0.4 is 0 Å². The molecule has 21 heavy (non-hydrogen) atoms. The fourth-order valence-electron chi connectivity index (χ4n) is 6.06. The lowest BCUT2D eigenvalue weighted by atomic mass is 9.49. The van der Waals surface area contributed by atoms with Gasteiger partial charge in [0.1, 0.15) is 5.78 Å². The van der Waals surface area contributed by atoms with Crippen molar-refractivity contribution in [1.82, 2.24) is 0 Å². The zero-order valence-corrected chi connectivity index (χ0v) is 13.9. The minimum absolute atomic E-state index is 0.00891. The Hall–Kier alpha value is -0.560. The van der Waals surface area contributed by atoms with E-state index in [0.717, 1.165) is 43.1 Å². The molecule has 0 aromatic heterocycles. The van der Waals surface area contributed by atoms with Crippen LogP contribution in [0.4, 0.5) is 0 Å². The van der Waals surface area contributed by atoms with Gasteiger partial charge in [-0.15, -0.1) is 0 Å². The Morgan fingerprint density at radius 3 is 2.67 bits per heavy atom. The van der Waals surface area contributed by atoms with Crippen LogP contribution in [-0.4, -0.2) is 5.78 Å². The highest BCUT2D eigenvalue weighted by atomic mass is 35.5. The van der Waals surface area contributed by atoms with Crippen LogP contribution in [0.5, 0.6) is 0 Å². The summed E-state index contributed by atoms with van der Waals surface area (Å²) < 4.78 is 0. The Balaban J connectivity index is 1.73. The number of carbonyl (C=O) groups is 1. The SMILES string of the molecule is C[C@]12CCC(Cl)=CC1=CC[C@@H]1[C@@H]2CC[C@]2(C)C(=O)CC[C@@H]12. The minimum atomic E-state index is -0.00891. The molecule has 4 aliphatic carbocycles. The van der Waals surface area contributed by atoms with Crippen LogP contribution in [0.2, 0.25) is 0 Å². The Morgan fingerprint density at radius 1 is 1.10 bits per heavy atom. The molecule has 4 aliphatic rings. The number of Topliss-reactive ketones (excluding diaryl/α,β-unsaturated/α-hetero) is 1. The zero-order chi connectivity index (χ0) is 14.8. The largest absolute Gasteiger partial charge is 0.299 e. The topological polar surface area (TPSA) is 17.1 Å². The first kappa shape index (κ1) is 14.1.